The molecule has 0 bridgehead atoms. The standard InChI is InChI=1S/C6H16O3S2Si/c1-7-12(8-2,9-3)11-6-4-5-10/h10H,4-6H2,1-3H3. The minimum Gasteiger partial charge on any atom is -0.369 e. The lowest BCUT2D eigenvalue weighted by atomic mass is 10.6. The van der Waals surface area contributed by atoms with Crippen LogP contribution < -0.4 is 0 Å². The molecule has 0 N–H and O–H groups in total. The zero-order valence-electron chi connectivity index (χ0n) is 7.70. The molecule has 0 atom stereocenters. The van der Waals surface area contributed by atoms with Crippen LogP contribution in [0.25, 0.3) is 0 Å². The van der Waals surface area contributed by atoms with E-state index in [1.54, 1.807) is 32.5 Å². The van der Waals surface area contributed by atoms with Gasteiger partial charge in [0, 0.05) is 21.3 Å². The second-order valence-electron chi connectivity index (χ2n) is 2.04. The maximum absolute atomic E-state index is 5.22. The maximum Gasteiger partial charge on any atom is 0.572 e. The molecule has 0 aliphatic rings. The van der Waals surface area contributed by atoms with Gasteiger partial charge in [0.05, 0.1) is 0 Å². The van der Waals surface area contributed by atoms with Gasteiger partial charge in [0.15, 0.2) is 0 Å². The largest absolute Gasteiger partial charge is 0.572 e. The van der Waals surface area contributed by atoms with Crippen molar-refractivity contribution >= 4 is 31.8 Å². The van der Waals surface area contributed by atoms with E-state index in [0.29, 0.717) is 0 Å². The molecule has 3 nitrogen and oxygen atoms in total. The zero-order valence-corrected chi connectivity index (χ0v) is 10.4. The summed E-state index contributed by atoms with van der Waals surface area (Å²) < 4.78 is 15.6. The average molecular weight is 228 g/mol. The summed E-state index contributed by atoms with van der Waals surface area (Å²) in [5, 5.41) is 0. The lowest BCUT2D eigenvalue weighted by molar-refractivity contribution is 0.152. The monoisotopic (exact) mass is 228 g/mol. The van der Waals surface area contributed by atoms with Crippen LogP contribution in [0.3, 0.4) is 0 Å². The summed E-state index contributed by atoms with van der Waals surface area (Å²) in [5.41, 5.74) is 0. The van der Waals surface area contributed by atoms with Crippen LogP contribution in [0, 0.1) is 0 Å². The van der Waals surface area contributed by atoms with Crippen LogP contribution in [0.1, 0.15) is 6.42 Å². The van der Waals surface area contributed by atoms with Crippen molar-refractivity contribution in [2.24, 2.45) is 0 Å². The third kappa shape index (κ3) is 4.15. The van der Waals surface area contributed by atoms with E-state index in [0.717, 1.165) is 17.9 Å². The van der Waals surface area contributed by atoms with Crippen molar-refractivity contribution in [2.45, 2.75) is 6.42 Å². The van der Waals surface area contributed by atoms with Crippen molar-refractivity contribution in [1.29, 1.82) is 0 Å². The molecule has 0 aromatic heterocycles. The number of hydrogen-bond donors (Lipinski definition) is 1. The van der Waals surface area contributed by atoms with Gasteiger partial charge in [0.2, 0.25) is 0 Å². The summed E-state index contributed by atoms with van der Waals surface area (Å²) in [4.78, 5) is 0. The number of thiol groups is 1. The Labute approximate surface area is 84.6 Å². The molecule has 0 spiro atoms. The molecule has 0 saturated carbocycles. The molecule has 0 saturated heterocycles. The maximum atomic E-state index is 5.22. The van der Waals surface area contributed by atoms with E-state index in [1.807, 2.05) is 0 Å². The van der Waals surface area contributed by atoms with Gasteiger partial charge in [-0.1, -0.05) is 11.2 Å². The smallest absolute Gasteiger partial charge is 0.369 e. The lowest BCUT2D eigenvalue weighted by Gasteiger charge is -2.22. The van der Waals surface area contributed by atoms with E-state index >= 15 is 0 Å². The first-order valence-electron chi connectivity index (χ1n) is 3.65. The Bertz CT molecular complexity index is 103. The molecule has 0 unspecified atom stereocenters. The predicted octanol–water partition coefficient (Wildman–Crippen LogP) is 1.41. The van der Waals surface area contributed by atoms with E-state index in [9.17, 15) is 0 Å². The molecule has 0 rings (SSSR count). The van der Waals surface area contributed by atoms with Crippen molar-refractivity contribution in [3.05, 3.63) is 0 Å². The van der Waals surface area contributed by atoms with Crippen LogP contribution in [0.15, 0.2) is 0 Å². The third-order valence-corrected chi connectivity index (χ3v) is 7.17. The highest BCUT2D eigenvalue weighted by Gasteiger charge is 2.38. The minimum atomic E-state index is -2.37. The first-order valence-corrected chi connectivity index (χ1v) is 7.71. The predicted molar refractivity (Wildman–Crippen MR) is 57.7 cm³/mol. The van der Waals surface area contributed by atoms with E-state index in [1.165, 1.54) is 0 Å². The van der Waals surface area contributed by atoms with Crippen LogP contribution in [-0.2, 0) is 13.3 Å². The Morgan fingerprint density at radius 1 is 1.17 bits per heavy atom. The molecule has 0 heterocycles. The van der Waals surface area contributed by atoms with Crippen molar-refractivity contribution in [3.8, 4) is 0 Å². The Kier molecular flexibility index (Phi) is 7.70. The average Bonchev–Trinajstić information content (AvgIpc) is 2.14. The van der Waals surface area contributed by atoms with Gasteiger partial charge in [-0.3, -0.25) is 0 Å². The Hall–Kier alpha value is 0.797. The quantitative estimate of drug-likeness (QED) is 0.405. The highest BCUT2D eigenvalue weighted by molar-refractivity contribution is 8.26. The molecule has 0 aromatic carbocycles. The molecule has 74 valence electrons. The van der Waals surface area contributed by atoms with Gasteiger partial charge in [-0.2, -0.15) is 12.6 Å². The Morgan fingerprint density at radius 3 is 2.00 bits per heavy atom. The van der Waals surface area contributed by atoms with Crippen LogP contribution in [0.2, 0.25) is 0 Å². The molecule has 12 heavy (non-hydrogen) atoms. The second kappa shape index (κ2) is 7.22. The number of rotatable bonds is 7. The second-order valence-corrected chi connectivity index (χ2v) is 7.77. The van der Waals surface area contributed by atoms with Gasteiger partial charge in [-0.05, 0) is 17.9 Å². The third-order valence-electron chi connectivity index (χ3n) is 1.33. The molecule has 0 radical (unpaired) electrons. The molecule has 0 amide bonds. The van der Waals surface area contributed by atoms with Gasteiger partial charge < -0.3 is 13.3 Å². The van der Waals surface area contributed by atoms with Crippen LogP contribution in [-0.4, -0.2) is 40.8 Å². The van der Waals surface area contributed by atoms with Gasteiger partial charge >= 0.3 is 7.95 Å². The van der Waals surface area contributed by atoms with Crippen molar-refractivity contribution in [1.82, 2.24) is 0 Å². The minimum absolute atomic E-state index is 0.884. The van der Waals surface area contributed by atoms with Gasteiger partial charge in [0.1, 0.15) is 0 Å². The molecule has 0 fully saturated rings. The lowest BCUT2D eigenvalue weighted by Crippen LogP contribution is -2.39. The molecule has 0 aromatic rings. The van der Waals surface area contributed by atoms with Crippen LogP contribution in [0.4, 0.5) is 0 Å². The molecule has 0 aliphatic carbocycles. The highest BCUT2D eigenvalue weighted by Crippen LogP contribution is 2.22. The fourth-order valence-electron chi connectivity index (χ4n) is 0.688. The van der Waals surface area contributed by atoms with Crippen LogP contribution >= 0.6 is 23.8 Å². The Balaban J connectivity index is 3.76. The van der Waals surface area contributed by atoms with Crippen molar-refractivity contribution in [2.75, 3.05) is 32.8 Å². The summed E-state index contributed by atoms with van der Waals surface area (Å²) in [5.74, 6) is 1.85. The molecular weight excluding hydrogens is 212 g/mol. The molecule has 0 aliphatic heterocycles. The van der Waals surface area contributed by atoms with Crippen LogP contribution in [0.5, 0.6) is 0 Å². The van der Waals surface area contributed by atoms with E-state index < -0.39 is 7.95 Å². The SMILES string of the molecule is CO[Si](OC)(OC)SCCCS. The molecule has 6 heteroatoms. The van der Waals surface area contributed by atoms with Gasteiger partial charge in [0.25, 0.3) is 0 Å². The first-order chi connectivity index (χ1) is 5.74. The summed E-state index contributed by atoms with van der Waals surface area (Å²) in [6, 6.07) is 0. The molecular formula is C6H16O3S2Si. The van der Waals surface area contributed by atoms with Crippen molar-refractivity contribution in [3.63, 3.8) is 0 Å². The first kappa shape index (κ1) is 12.8. The summed E-state index contributed by atoms with van der Waals surface area (Å²) >= 11 is 5.73. The summed E-state index contributed by atoms with van der Waals surface area (Å²) in [6.45, 7) is 0. The zero-order chi connectivity index (χ0) is 9.45. The fraction of sp³-hybridized carbons (Fsp3) is 1.00. The van der Waals surface area contributed by atoms with E-state index in [2.05, 4.69) is 12.6 Å². The highest BCUT2D eigenvalue weighted by atomic mass is 32.4. The summed E-state index contributed by atoms with van der Waals surface area (Å²) in [7, 11) is 2.48. The number of hydrogen-bond acceptors (Lipinski definition) is 5. The topological polar surface area (TPSA) is 27.7 Å². The van der Waals surface area contributed by atoms with Crippen molar-refractivity contribution < 1.29 is 13.3 Å². The summed E-state index contributed by atoms with van der Waals surface area (Å²) in [6.07, 6.45) is 1.04. The fourth-order valence-corrected chi connectivity index (χ4v) is 4.70. The van der Waals surface area contributed by atoms with Gasteiger partial charge in [-0.15, -0.1) is 0 Å². The Morgan fingerprint density at radius 2 is 1.67 bits per heavy atom. The van der Waals surface area contributed by atoms with E-state index in [-0.39, 0.29) is 0 Å². The normalized spacial score (nSPS) is 12.0. The van der Waals surface area contributed by atoms with Gasteiger partial charge in [-0.25, -0.2) is 0 Å². The van der Waals surface area contributed by atoms with E-state index in [4.69, 9.17) is 13.3 Å².